The van der Waals surface area contributed by atoms with Crippen molar-refractivity contribution in [3.63, 3.8) is 0 Å². The van der Waals surface area contributed by atoms with Crippen LogP contribution < -0.4 is 5.32 Å². The zero-order valence-electron chi connectivity index (χ0n) is 12.4. The van der Waals surface area contributed by atoms with Gasteiger partial charge in [-0.05, 0) is 50.8 Å². The van der Waals surface area contributed by atoms with Crippen molar-refractivity contribution < 1.29 is 0 Å². The maximum absolute atomic E-state index is 4.53. The van der Waals surface area contributed by atoms with Gasteiger partial charge >= 0.3 is 0 Å². The third-order valence-electron chi connectivity index (χ3n) is 5.10. The Hall–Kier alpha value is -1.75. The van der Waals surface area contributed by atoms with Gasteiger partial charge in [-0.1, -0.05) is 0 Å². The molecule has 2 unspecified atom stereocenters. The van der Waals surface area contributed by atoms with Crippen molar-refractivity contribution in [2.45, 2.75) is 37.8 Å². The van der Waals surface area contributed by atoms with Crippen LogP contribution in [0.4, 0.5) is 5.82 Å². The van der Waals surface area contributed by atoms with Gasteiger partial charge in [-0.15, -0.1) is 0 Å². The van der Waals surface area contributed by atoms with Crippen molar-refractivity contribution in [2.24, 2.45) is 5.92 Å². The molecule has 0 saturated carbocycles. The first kappa shape index (κ1) is 13.0. The van der Waals surface area contributed by atoms with Gasteiger partial charge < -0.3 is 10.2 Å². The quantitative estimate of drug-likeness (QED) is 0.937. The van der Waals surface area contributed by atoms with E-state index >= 15 is 0 Å². The highest BCUT2D eigenvalue weighted by molar-refractivity contribution is 5.71. The molecule has 2 saturated heterocycles. The molecule has 0 aromatic carbocycles. The van der Waals surface area contributed by atoms with Gasteiger partial charge in [0.05, 0.1) is 0 Å². The molecule has 2 bridgehead atoms. The van der Waals surface area contributed by atoms with Crippen LogP contribution in [-0.2, 0) is 0 Å². The van der Waals surface area contributed by atoms with Gasteiger partial charge in [0.15, 0.2) is 5.65 Å². The van der Waals surface area contributed by atoms with Crippen LogP contribution >= 0.6 is 0 Å². The van der Waals surface area contributed by atoms with E-state index in [9.17, 15) is 0 Å². The Morgan fingerprint density at radius 2 is 1.90 bits per heavy atom. The van der Waals surface area contributed by atoms with E-state index in [2.05, 4.69) is 32.2 Å². The Morgan fingerprint density at radius 3 is 2.71 bits per heavy atom. The number of aromatic nitrogens is 3. The van der Waals surface area contributed by atoms with E-state index in [1.165, 1.54) is 25.7 Å². The number of pyridine rings is 1. The summed E-state index contributed by atoms with van der Waals surface area (Å²) in [5.74, 6) is 1.67. The normalized spacial score (nSPS) is 28.9. The fraction of sp³-hybridized carbons (Fsp3) is 0.562. The first-order valence-corrected chi connectivity index (χ1v) is 7.83. The van der Waals surface area contributed by atoms with Crippen molar-refractivity contribution >= 4 is 17.0 Å². The molecule has 2 aliphatic heterocycles. The standard InChI is InChI=1S/C16H21N5/c1-21-12-2-3-13(21)9-11(8-12)10-19-15-5-4-14-16(20-15)18-7-6-17-14/h4-7,11-13H,2-3,8-10H2,1H3,(H,18,19,20). The average molecular weight is 283 g/mol. The van der Waals surface area contributed by atoms with Crippen LogP contribution in [0.5, 0.6) is 0 Å². The predicted molar refractivity (Wildman–Crippen MR) is 83.1 cm³/mol. The maximum atomic E-state index is 4.53. The lowest BCUT2D eigenvalue weighted by atomic mass is 9.91. The fourth-order valence-electron chi connectivity index (χ4n) is 3.89. The van der Waals surface area contributed by atoms with Gasteiger partial charge in [0.1, 0.15) is 11.3 Å². The highest BCUT2D eigenvalue weighted by Gasteiger charge is 2.38. The zero-order valence-corrected chi connectivity index (χ0v) is 12.4. The Labute approximate surface area is 124 Å². The molecule has 2 aliphatic rings. The highest BCUT2D eigenvalue weighted by Crippen LogP contribution is 2.37. The van der Waals surface area contributed by atoms with Gasteiger partial charge in [-0.2, -0.15) is 0 Å². The topological polar surface area (TPSA) is 53.9 Å². The number of hydrogen-bond donors (Lipinski definition) is 1. The van der Waals surface area contributed by atoms with Crippen LogP contribution in [-0.4, -0.2) is 45.5 Å². The molecular weight excluding hydrogens is 262 g/mol. The Morgan fingerprint density at radius 1 is 1.14 bits per heavy atom. The second-order valence-corrected chi connectivity index (χ2v) is 6.36. The van der Waals surface area contributed by atoms with Crippen LogP contribution in [0.3, 0.4) is 0 Å². The molecule has 0 spiro atoms. The Balaban J connectivity index is 1.42. The van der Waals surface area contributed by atoms with E-state index in [1.807, 2.05) is 12.1 Å². The van der Waals surface area contributed by atoms with Crippen LogP contribution in [0.1, 0.15) is 25.7 Å². The monoisotopic (exact) mass is 283 g/mol. The molecule has 0 amide bonds. The van der Waals surface area contributed by atoms with E-state index < -0.39 is 0 Å². The van der Waals surface area contributed by atoms with E-state index in [1.54, 1.807) is 12.4 Å². The minimum Gasteiger partial charge on any atom is -0.370 e. The lowest BCUT2D eigenvalue weighted by Crippen LogP contribution is -2.41. The molecule has 4 heterocycles. The SMILES string of the molecule is CN1C2CCC1CC(CNc1ccc3nccnc3n1)C2. The van der Waals surface area contributed by atoms with Gasteiger partial charge in [-0.25, -0.2) is 9.97 Å². The summed E-state index contributed by atoms with van der Waals surface area (Å²) >= 11 is 0. The first-order valence-electron chi connectivity index (χ1n) is 7.83. The molecule has 2 aromatic heterocycles. The zero-order chi connectivity index (χ0) is 14.2. The predicted octanol–water partition coefficient (Wildman–Crippen LogP) is 2.31. The largest absolute Gasteiger partial charge is 0.370 e. The van der Waals surface area contributed by atoms with Crippen molar-refractivity contribution in [3.05, 3.63) is 24.5 Å². The summed E-state index contributed by atoms with van der Waals surface area (Å²) in [6.07, 6.45) is 8.77. The molecule has 2 fully saturated rings. The molecule has 2 aromatic rings. The number of nitrogens with zero attached hydrogens (tertiary/aromatic N) is 4. The summed E-state index contributed by atoms with van der Waals surface area (Å²) in [5.41, 5.74) is 1.56. The van der Waals surface area contributed by atoms with Gasteiger partial charge in [0.2, 0.25) is 0 Å². The number of nitrogens with one attached hydrogen (secondary N) is 1. The molecule has 21 heavy (non-hydrogen) atoms. The highest BCUT2D eigenvalue weighted by atomic mass is 15.2. The minimum atomic E-state index is 0.714. The molecule has 5 heteroatoms. The van der Waals surface area contributed by atoms with Gasteiger partial charge in [0.25, 0.3) is 0 Å². The molecule has 5 nitrogen and oxygen atoms in total. The first-order chi connectivity index (χ1) is 10.3. The van der Waals surface area contributed by atoms with Crippen LogP contribution in [0.2, 0.25) is 0 Å². The second-order valence-electron chi connectivity index (χ2n) is 6.36. The number of piperidine rings is 1. The number of hydrogen-bond acceptors (Lipinski definition) is 5. The molecule has 4 rings (SSSR count). The molecular formula is C16H21N5. The summed E-state index contributed by atoms with van der Waals surface area (Å²) < 4.78 is 0. The van der Waals surface area contributed by atoms with Crippen LogP contribution in [0.25, 0.3) is 11.2 Å². The van der Waals surface area contributed by atoms with Crippen molar-refractivity contribution in [2.75, 3.05) is 18.9 Å². The van der Waals surface area contributed by atoms with Crippen molar-refractivity contribution in [1.82, 2.24) is 19.9 Å². The smallest absolute Gasteiger partial charge is 0.180 e. The van der Waals surface area contributed by atoms with Crippen molar-refractivity contribution in [3.8, 4) is 0 Å². The Kier molecular flexibility index (Phi) is 3.22. The van der Waals surface area contributed by atoms with Gasteiger partial charge in [-0.3, -0.25) is 4.98 Å². The number of rotatable bonds is 3. The summed E-state index contributed by atoms with van der Waals surface area (Å²) in [6.45, 7) is 1.01. The third kappa shape index (κ3) is 2.46. The van der Waals surface area contributed by atoms with Crippen molar-refractivity contribution in [1.29, 1.82) is 0 Å². The van der Waals surface area contributed by atoms with E-state index in [-0.39, 0.29) is 0 Å². The summed E-state index contributed by atoms with van der Waals surface area (Å²) in [7, 11) is 2.29. The van der Waals surface area contributed by atoms with E-state index in [0.717, 1.165) is 35.9 Å². The second kappa shape index (κ2) is 5.22. The summed E-state index contributed by atoms with van der Waals surface area (Å²) in [4.78, 5) is 15.6. The Bertz CT molecular complexity index is 629. The lowest BCUT2D eigenvalue weighted by molar-refractivity contribution is 0.139. The number of fused-ring (bicyclic) bond motifs is 3. The maximum Gasteiger partial charge on any atom is 0.180 e. The molecule has 0 aliphatic carbocycles. The number of anilines is 1. The third-order valence-corrected chi connectivity index (χ3v) is 5.10. The molecule has 2 atom stereocenters. The van der Waals surface area contributed by atoms with Crippen LogP contribution in [0, 0.1) is 5.92 Å². The summed E-state index contributed by atoms with van der Waals surface area (Å²) in [6, 6.07) is 5.58. The lowest BCUT2D eigenvalue weighted by Gasteiger charge is -2.36. The fourth-order valence-corrected chi connectivity index (χ4v) is 3.89. The van der Waals surface area contributed by atoms with Crippen LogP contribution in [0.15, 0.2) is 24.5 Å². The van der Waals surface area contributed by atoms with E-state index in [4.69, 9.17) is 0 Å². The minimum absolute atomic E-state index is 0.714. The average Bonchev–Trinajstić information content (AvgIpc) is 2.75. The van der Waals surface area contributed by atoms with Gasteiger partial charge in [0, 0.05) is 31.0 Å². The molecule has 0 radical (unpaired) electrons. The van der Waals surface area contributed by atoms with E-state index in [0.29, 0.717) is 5.65 Å². The molecule has 1 N–H and O–H groups in total. The molecule has 110 valence electrons. The summed E-state index contributed by atoms with van der Waals surface area (Å²) in [5, 5.41) is 3.49.